The van der Waals surface area contributed by atoms with Gasteiger partial charge in [0.1, 0.15) is 6.04 Å². The van der Waals surface area contributed by atoms with Gasteiger partial charge < -0.3 is 10.4 Å². The topological polar surface area (TPSA) is 69.6 Å². The maximum absolute atomic E-state index is 13.5. The molecule has 30 heavy (non-hydrogen) atoms. The Kier molecular flexibility index (Phi) is 5.31. The van der Waals surface area contributed by atoms with E-state index >= 15 is 0 Å². The van der Waals surface area contributed by atoms with Crippen molar-refractivity contribution in [2.24, 2.45) is 5.41 Å². The minimum atomic E-state index is -1.05. The summed E-state index contributed by atoms with van der Waals surface area (Å²) in [6.07, 6.45) is 2.26. The Balaban J connectivity index is 1.68. The van der Waals surface area contributed by atoms with Crippen LogP contribution in [0.3, 0.4) is 0 Å². The highest BCUT2D eigenvalue weighted by atomic mass is 16.4. The third-order valence-electron chi connectivity index (χ3n) is 6.41. The summed E-state index contributed by atoms with van der Waals surface area (Å²) in [5.74, 6) is -0.206. The first-order valence-electron chi connectivity index (χ1n) is 10.7. The predicted octanol–water partition coefficient (Wildman–Crippen LogP) is 4.87. The predicted molar refractivity (Wildman–Crippen MR) is 116 cm³/mol. The monoisotopic (exact) mass is 406 g/mol. The lowest BCUT2D eigenvalue weighted by atomic mass is 9.75. The van der Waals surface area contributed by atoms with Crippen LogP contribution < -0.4 is 5.32 Å². The van der Waals surface area contributed by atoms with E-state index in [1.165, 1.54) is 10.5 Å². The summed E-state index contributed by atoms with van der Waals surface area (Å²) in [6.45, 7) is 6.09. The Morgan fingerprint density at radius 2 is 1.63 bits per heavy atom. The summed E-state index contributed by atoms with van der Waals surface area (Å²) < 4.78 is 0. The maximum atomic E-state index is 13.5. The van der Waals surface area contributed by atoms with Crippen LogP contribution in [-0.4, -0.2) is 28.0 Å². The van der Waals surface area contributed by atoms with Gasteiger partial charge in [0.15, 0.2) is 0 Å². The van der Waals surface area contributed by atoms with Crippen molar-refractivity contribution in [3.63, 3.8) is 0 Å². The second kappa shape index (κ2) is 7.78. The van der Waals surface area contributed by atoms with Crippen molar-refractivity contribution in [3.05, 3.63) is 70.8 Å². The van der Waals surface area contributed by atoms with Gasteiger partial charge in [0, 0.05) is 6.42 Å². The van der Waals surface area contributed by atoms with E-state index in [0.717, 1.165) is 36.0 Å². The van der Waals surface area contributed by atoms with Crippen molar-refractivity contribution in [1.82, 2.24) is 10.2 Å². The maximum Gasteiger partial charge on any atom is 0.408 e. The highest BCUT2D eigenvalue weighted by Gasteiger charge is 2.46. The number of carbonyl (C=O) groups excluding carboxylic acids is 1. The largest absolute Gasteiger partial charge is 0.465 e. The van der Waals surface area contributed by atoms with Crippen molar-refractivity contribution in [1.29, 1.82) is 0 Å². The molecule has 3 atom stereocenters. The van der Waals surface area contributed by atoms with Crippen LogP contribution in [0.5, 0.6) is 0 Å². The molecule has 2 aromatic rings. The highest BCUT2D eigenvalue weighted by Crippen LogP contribution is 2.44. The summed E-state index contributed by atoms with van der Waals surface area (Å²) in [4.78, 5) is 27.2. The number of hydrogen-bond donors (Lipinski definition) is 2. The number of aryl methyl sites for hydroxylation is 1. The van der Waals surface area contributed by atoms with Crippen LogP contribution in [0, 0.1) is 5.41 Å². The van der Waals surface area contributed by atoms with Gasteiger partial charge in [-0.25, -0.2) is 4.79 Å². The lowest BCUT2D eigenvalue weighted by Gasteiger charge is -2.46. The van der Waals surface area contributed by atoms with Crippen LogP contribution in [0.2, 0.25) is 0 Å². The van der Waals surface area contributed by atoms with E-state index in [2.05, 4.69) is 17.4 Å². The minimum Gasteiger partial charge on any atom is -0.465 e. The van der Waals surface area contributed by atoms with E-state index in [4.69, 9.17) is 0 Å². The normalized spacial score (nSPS) is 23.3. The number of rotatable bonds is 2. The average molecular weight is 407 g/mol. The molecule has 0 saturated heterocycles. The van der Waals surface area contributed by atoms with Crippen LogP contribution in [0.4, 0.5) is 4.79 Å². The number of carbonyl (C=O) groups is 2. The fraction of sp³-hybridized carbons (Fsp3) is 0.440. The number of carboxylic acid groups (broad SMARTS) is 1. The van der Waals surface area contributed by atoms with E-state index in [1.807, 2.05) is 57.2 Å². The standard InChI is InChI=1S/C25H30N2O3/c1-25(2,3)22-19-13-7-5-10-17(19)15-21(27(22)24(29)30)23(28)26-20-14-8-11-16-9-4-6-12-18(16)20/h4-7,9-10,12-13,20-22H,8,11,14-15H2,1-3H3,(H,26,28)(H,29,30)/t20-,21?,22-/m1/s1. The third kappa shape index (κ3) is 3.69. The SMILES string of the molecule is CC(C)(C)[C@H]1c2ccccc2CC(C(=O)N[C@@H]2CCCc3ccccc32)N1C(=O)O. The molecule has 1 aliphatic heterocycles. The molecule has 0 fully saturated rings. The Labute approximate surface area is 178 Å². The summed E-state index contributed by atoms with van der Waals surface area (Å²) in [5.41, 5.74) is 4.14. The molecule has 1 unspecified atom stereocenters. The molecular weight excluding hydrogens is 376 g/mol. The number of nitrogens with one attached hydrogen (secondary N) is 1. The average Bonchev–Trinajstić information content (AvgIpc) is 2.71. The molecule has 1 aliphatic carbocycles. The van der Waals surface area contributed by atoms with Crippen LogP contribution in [0.15, 0.2) is 48.5 Å². The van der Waals surface area contributed by atoms with Gasteiger partial charge in [-0.1, -0.05) is 69.3 Å². The summed E-state index contributed by atoms with van der Waals surface area (Å²) in [6, 6.07) is 14.9. The quantitative estimate of drug-likeness (QED) is 0.747. The summed E-state index contributed by atoms with van der Waals surface area (Å²) >= 11 is 0. The van der Waals surface area contributed by atoms with Gasteiger partial charge >= 0.3 is 6.09 Å². The molecule has 158 valence electrons. The van der Waals surface area contributed by atoms with Gasteiger partial charge in [-0.05, 0) is 46.9 Å². The third-order valence-corrected chi connectivity index (χ3v) is 6.41. The first-order valence-corrected chi connectivity index (χ1v) is 10.7. The zero-order valence-corrected chi connectivity index (χ0v) is 17.9. The molecule has 5 nitrogen and oxygen atoms in total. The lowest BCUT2D eigenvalue weighted by Crippen LogP contribution is -2.57. The van der Waals surface area contributed by atoms with Gasteiger partial charge in [-0.2, -0.15) is 0 Å². The Bertz CT molecular complexity index is 963. The van der Waals surface area contributed by atoms with E-state index < -0.39 is 12.1 Å². The van der Waals surface area contributed by atoms with Gasteiger partial charge in [-0.3, -0.25) is 9.69 Å². The van der Waals surface area contributed by atoms with Crippen molar-refractivity contribution < 1.29 is 14.7 Å². The number of hydrogen-bond acceptors (Lipinski definition) is 2. The fourth-order valence-corrected chi connectivity index (χ4v) is 5.14. The highest BCUT2D eigenvalue weighted by molar-refractivity contribution is 5.87. The Hall–Kier alpha value is -2.82. The van der Waals surface area contributed by atoms with Crippen LogP contribution in [-0.2, 0) is 17.6 Å². The molecule has 0 aromatic heterocycles. The Morgan fingerprint density at radius 3 is 2.30 bits per heavy atom. The van der Waals surface area contributed by atoms with Crippen molar-refractivity contribution in [2.45, 2.75) is 64.6 Å². The first-order chi connectivity index (χ1) is 14.3. The molecule has 0 bridgehead atoms. The molecule has 4 rings (SSSR count). The fourth-order valence-electron chi connectivity index (χ4n) is 5.14. The zero-order valence-electron chi connectivity index (χ0n) is 17.9. The van der Waals surface area contributed by atoms with E-state index in [9.17, 15) is 14.7 Å². The second-order valence-corrected chi connectivity index (χ2v) is 9.53. The molecular formula is C25H30N2O3. The van der Waals surface area contributed by atoms with Gasteiger partial charge in [0.05, 0.1) is 12.1 Å². The summed E-state index contributed by atoms with van der Waals surface area (Å²) in [5, 5.41) is 13.3. The molecule has 2 aromatic carbocycles. The van der Waals surface area contributed by atoms with Gasteiger partial charge in [0.2, 0.25) is 5.91 Å². The van der Waals surface area contributed by atoms with Crippen molar-refractivity contribution in [2.75, 3.05) is 0 Å². The molecule has 1 heterocycles. The molecule has 2 N–H and O–H groups in total. The molecule has 0 radical (unpaired) electrons. The second-order valence-electron chi connectivity index (χ2n) is 9.53. The van der Waals surface area contributed by atoms with E-state index in [-0.39, 0.29) is 23.4 Å². The molecule has 2 aliphatic rings. The summed E-state index contributed by atoms with van der Waals surface area (Å²) in [7, 11) is 0. The first kappa shape index (κ1) is 20.5. The van der Waals surface area contributed by atoms with E-state index in [0.29, 0.717) is 6.42 Å². The number of benzene rings is 2. The molecule has 0 saturated carbocycles. The number of fused-ring (bicyclic) bond motifs is 2. The smallest absolute Gasteiger partial charge is 0.408 e. The zero-order chi connectivity index (χ0) is 21.5. The van der Waals surface area contributed by atoms with Crippen molar-refractivity contribution in [3.8, 4) is 0 Å². The molecule has 0 spiro atoms. The molecule has 5 heteroatoms. The van der Waals surface area contributed by atoms with Crippen LogP contribution in [0.25, 0.3) is 0 Å². The lowest BCUT2D eigenvalue weighted by molar-refractivity contribution is -0.129. The van der Waals surface area contributed by atoms with Crippen LogP contribution >= 0.6 is 0 Å². The number of amides is 2. The van der Waals surface area contributed by atoms with Gasteiger partial charge in [0.25, 0.3) is 0 Å². The molecule has 2 amide bonds. The minimum absolute atomic E-state index is 0.0663. The van der Waals surface area contributed by atoms with E-state index in [1.54, 1.807) is 0 Å². The van der Waals surface area contributed by atoms with Gasteiger partial charge in [-0.15, -0.1) is 0 Å². The van der Waals surface area contributed by atoms with Crippen molar-refractivity contribution >= 4 is 12.0 Å². The van der Waals surface area contributed by atoms with Crippen LogP contribution in [0.1, 0.15) is 68.0 Å². The Morgan fingerprint density at radius 1 is 1.00 bits per heavy atom. The number of nitrogens with zero attached hydrogens (tertiary/aromatic N) is 1.